The lowest BCUT2D eigenvalue weighted by atomic mass is 10.00. The summed E-state index contributed by atoms with van der Waals surface area (Å²) in [6, 6.07) is 4.57. The van der Waals surface area contributed by atoms with Gasteiger partial charge in [-0.3, -0.25) is 4.68 Å². The smallest absolute Gasteiger partial charge is 0.0648 e. The standard InChI is InChI=1S/C16H25N5/c1-6-13-9-14(21(5)20-13)10-16(17-7-2)15-8-11(3)18-19-12(15)4/h8-9,16-17H,6-7,10H2,1-5H3. The van der Waals surface area contributed by atoms with Crippen LogP contribution in [-0.4, -0.2) is 26.5 Å². The molecule has 0 saturated heterocycles. The van der Waals surface area contributed by atoms with E-state index in [9.17, 15) is 0 Å². The quantitative estimate of drug-likeness (QED) is 0.885. The van der Waals surface area contributed by atoms with Gasteiger partial charge < -0.3 is 5.32 Å². The zero-order chi connectivity index (χ0) is 15.4. The Labute approximate surface area is 126 Å². The molecule has 5 nitrogen and oxygen atoms in total. The Morgan fingerprint density at radius 1 is 1.19 bits per heavy atom. The van der Waals surface area contributed by atoms with Crippen molar-refractivity contribution in [2.24, 2.45) is 7.05 Å². The van der Waals surface area contributed by atoms with Crippen LogP contribution < -0.4 is 5.32 Å². The molecule has 0 fully saturated rings. The summed E-state index contributed by atoms with van der Waals surface area (Å²) in [6.45, 7) is 9.19. The number of nitrogens with zero attached hydrogens (tertiary/aromatic N) is 4. The zero-order valence-corrected chi connectivity index (χ0v) is 13.6. The van der Waals surface area contributed by atoms with Crippen molar-refractivity contribution in [3.63, 3.8) is 0 Å². The summed E-state index contributed by atoms with van der Waals surface area (Å²) in [4.78, 5) is 0. The molecule has 0 spiro atoms. The van der Waals surface area contributed by atoms with Gasteiger partial charge in [0.15, 0.2) is 0 Å². The van der Waals surface area contributed by atoms with Crippen LogP contribution in [0.3, 0.4) is 0 Å². The van der Waals surface area contributed by atoms with Crippen molar-refractivity contribution in [1.29, 1.82) is 0 Å². The lowest BCUT2D eigenvalue weighted by Crippen LogP contribution is -2.25. The van der Waals surface area contributed by atoms with Crippen LogP contribution in [0.25, 0.3) is 0 Å². The Morgan fingerprint density at radius 3 is 2.57 bits per heavy atom. The van der Waals surface area contributed by atoms with Gasteiger partial charge in [0.2, 0.25) is 0 Å². The van der Waals surface area contributed by atoms with Crippen molar-refractivity contribution in [2.45, 2.75) is 46.6 Å². The molecule has 1 N–H and O–H groups in total. The molecule has 5 heteroatoms. The van der Waals surface area contributed by atoms with Crippen molar-refractivity contribution in [3.8, 4) is 0 Å². The largest absolute Gasteiger partial charge is 0.310 e. The molecule has 1 unspecified atom stereocenters. The van der Waals surface area contributed by atoms with Crippen molar-refractivity contribution in [3.05, 3.63) is 40.5 Å². The predicted molar refractivity (Wildman–Crippen MR) is 84.2 cm³/mol. The van der Waals surface area contributed by atoms with Gasteiger partial charge in [-0.15, -0.1) is 0 Å². The van der Waals surface area contributed by atoms with Gasteiger partial charge in [-0.25, -0.2) is 0 Å². The van der Waals surface area contributed by atoms with E-state index in [2.05, 4.69) is 46.6 Å². The third kappa shape index (κ3) is 3.67. The normalized spacial score (nSPS) is 12.6. The third-order valence-corrected chi connectivity index (χ3v) is 3.77. The molecule has 0 saturated carbocycles. The average molecular weight is 287 g/mol. The van der Waals surface area contributed by atoms with E-state index < -0.39 is 0 Å². The molecule has 2 aromatic rings. The van der Waals surface area contributed by atoms with Crippen LogP contribution in [0.4, 0.5) is 0 Å². The first-order chi connectivity index (χ1) is 10.0. The van der Waals surface area contributed by atoms with E-state index in [1.807, 2.05) is 25.6 Å². The van der Waals surface area contributed by atoms with Crippen LogP contribution in [0.15, 0.2) is 12.1 Å². The van der Waals surface area contributed by atoms with Gasteiger partial charge >= 0.3 is 0 Å². The number of nitrogens with one attached hydrogen (secondary N) is 1. The molecule has 0 amide bonds. The van der Waals surface area contributed by atoms with Gasteiger partial charge in [-0.05, 0) is 44.5 Å². The average Bonchev–Trinajstić information content (AvgIpc) is 2.82. The van der Waals surface area contributed by atoms with E-state index in [4.69, 9.17) is 0 Å². The van der Waals surface area contributed by atoms with Crippen LogP contribution in [0.2, 0.25) is 0 Å². The molecular formula is C16H25N5. The second-order valence-electron chi connectivity index (χ2n) is 5.45. The van der Waals surface area contributed by atoms with Gasteiger partial charge in [-0.1, -0.05) is 13.8 Å². The van der Waals surface area contributed by atoms with Crippen LogP contribution in [0, 0.1) is 13.8 Å². The Balaban J connectivity index is 2.30. The minimum absolute atomic E-state index is 0.240. The first-order valence-electron chi connectivity index (χ1n) is 7.61. The number of hydrogen-bond acceptors (Lipinski definition) is 4. The monoisotopic (exact) mass is 287 g/mol. The third-order valence-electron chi connectivity index (χ3n) is 3.77. The van der Waals surface area contributed by atoms with E-state index in [1.165, 1.54) is 11.3 Å². The maximum Gasteiger partial charge on any atom is 0.0648 e. The summed E-state index contributed by atoms with van der Waals surface area (Å²) in [5.41, 5.74) is 5.56. The first kappa shape index (κ1) is 15.6. The number of aryl methyl sites for hydroxylation is 4. The fourth-order valence-electron chi connectivity index (χ4n) is 2.61. The summed E-state index contributed by atoms with van der Waals surface area (Å²) in [5, 5.41) is 16.5. The molecule has 0 radical (unpaired) electrons. The fourth-order valence-corrected chi connectivity index (χ4v) is 2.61. The van der Waals surface area contributed by atoms with Gasteiger partial charge in [0, 0.05) is 25.2 Å². The zero-order valence-electron chi connectivity index (χ0n) is 13.6. The highest BCUT2D eigenvalue weighted by Gasteiger charge is 2.17. The minimum Gasteiger partial charge on any atom is -0.310 e. The molecule has 2 heterocycles. The number of likely N-dealkylation sites (N-methyl/N-ethyl adjacent to an activating group) is 1. The van der Waals surface area contributed by atoms with Gasteiger partial charge in [0.05, 0.1) is 17.1 Å². The molecule has 0 aromatic carbocycles. The minimum atomic E-state index is 0.240. The van der Waals surface area contributed by atoms with Crippen LogP contribution in [-0.2, 0) is 19.9 Å². The maximum atomic E-state index is 4.54. The Morgan fingerprint density at radius 2 is 1.95 bits per heavy atom. The van der Waals surface area contributed by atoms with E-state index in [0.29, 0.717) is 0 Å². The summed E-state index contributed by atoms with van der Waals surface area (Å²) in [5.74, 6) is 0. The Hall–Kier alpha value is -1.75. The Kier molecular flexibility index (Phi) is 5.07. The topological polar surface area (TPSA) is 55.6 Å². The molecular weight excluding hydrogens is 262 g/mol. The molecule has 0 aliphatic rings. The van der Waals surface area contributed by atoms with Crippen LogP contribution in [0.1, 0.15) is 48.2 Å². The lowest BCUT2D eigenvalue weighted by molar-refractivity contribution is 0.522. The fraction of sp³-hybridized carbons (Fsp3) is 0.562. The summed E-state index contributed by atoms with van der Waals surface area (Å²) in [6.07, 6.45) is 1.87. The first-order valence-corrected chi connectivity index (χ1v) is 7.61. The molecule has 2 aromatic heterocycles. The number of aromatic nitrogens is 4. The summed E-state index contributed by atoms with van der Waals surface area (Å²) < 4.78 is 1.99. The highest BCUT2D eigenvalue weighted by molar-refractivity contribution is 5.26. The highest BCUT2D eigenvalue weighted by Crippen LogP contribution is 2.21. The second-order valence-corrected chi connectivity index (χ2v) is 5.45. The molecule has 0 aliphatic carbocycles. The summed E-state index contributed by atoms with van der Waals surface area (Å²) in [7, 11) is 2.01. The molecule has 0 bridgehead atoms. The molecule has 21 heavy (non-hydrogen) atoms. The van der Waals surface area contributed by atoms with Gasteiger partial charge in [0.25, 0.3) is 0 Å². The van der Waals surface area contributed by atoms with Gasteiger partial charge in [-0.2, -0.15) is 15.3 Å². The molecule has 0 aliphatic heterocycles. The van der Waals surface area contributed by atoms with E-state index >= 15 is 0 Å². The van der Waals surface area contributed by atoms with Crippen molar-refractivity contribution in [1.82, 2.24) is 25.3 Å². The molecule has 2 rings (SSSR count). The SMILES string of the molecule is CCNC(Cc1cc(CC)nn1C)c1cc(C)nnc1C. The van der Waals surface area contributed by atoms with Gasteiger partial charge in [0.1, 0.15) is 0 Å². The second kappa shape index (κ2) is 6.80. The lowest BCUT2D eigenvalue weighted by Gasteiger charge is -2.20. The predicted octanol–water partition coefficient (Wildman–Crippen LogP) is 2.28. The maximum absolute atomic E-state index is 4.54. The van der Waals surface area contributed by atoms with Crippen molar-refractivity contribution >= 4 is 0 Å². The van der Waals surface area contributed by atoms with Crippen LogP contribution in [0.5, 0.6) is 0 Å². The Bertz CT molecular complexity index is 603. The number of rotatable bonds is 6. The van der Waals surface area contributed by atoms with Crippen molar-refractivity contribution in [2.75, 3.05) is 6.54 Å². The van der Waals surface area contributed by atoms with E-state index in [0.717, 1.165) is 36.5 Å². The van der Waals surface area contributed by atoms with E-state index in [-0.39, 0.29) is 6.04 Å². The van der Waals surface area contributed by atoms with E-state index in [1.54, 1.807) is 0 Å². The number of hydrogen-bond donors (Lipinski definition) is 1. The molecule has 1 atom stereocenters. The molecule has 114 valence electrons. The highest BCUT2D eigenvalue weighted by atomic mass is 15.3. The van der Waals surface area contributed by atoms with Crippen LogP contribution >= 0.6 is 0 Å². The summed E-state index contributed by atoms with van der Waals surface area (Å²) >= 11 is 0. The van der Waals surface area contributed by atoms with Crippen molar-refractivity contribution < 1.29 is 0 Å².